The fourth-order valence-electron chi connectivity index (χ4n) is 10.6. The Kier molecular flexibility index (Phi) is 12.9. The Hall–Kier alpha value is -6.22. The molecule has 6 aliphatic heterocycles. The largest absolute Gasteiger partial charge is 0.503 e. The minimum Gasteiger partial charge on any atom is -0.503 e. The van der Waals surface area contributed by atoms with Crippen LogP contribution in [-0.4, -0.2) is 105 Å². The van der Waals surface area contributed by atoms with E-state index in [0.29, 0.717) is 45.6 Å². The van der Waals surface area contributed by atoms with E-state index in [2.05, 4.69) is 10.6 Å². The number of hydrogen-bond donors (Lipinski definition) is 3. The highest BCUT2D eigenvalue weighted by molar-refractivity contribution is 6.31. The third-order valence-corrected chi connectivity index (χ3v) is 14.9. The lowest BCUT2D eigenvalue weighted by atomic mass is 9.74. The van der Waals surface area contributed by atoms with Gasteiger partial charge in [0.2, 0.25) is 10.9 Å². The van der Waals surface area contributed by atoms with Crippen molar-refractivity contribution in [1.29, 1.82) is 0 Å². The summed E-state index contributed by atoms with van der Waals surface area (Å²) in [6, 6.07) is 3.53. The maximum absolute atomic E-state index is 14.3. The zero-order valence-electron chi connectivity index (χ0n) is 36.9. The fourth-order valence-corrected chi connectivity index (χ4v) is 11.0. The van der Waals surface area contributed by atoms with Crippen molar-refractivity contribution in [1.82, 2.24) is 29.6 Å². The molecule has 3 fully saturated rings. The van der Waals surface area contributed by atoms with E-state index < -0.39 is 84.3 Å². The van der Waals surface area contributed by atoms with Gasteiger partial charge in [-0.2, -0.15) is 0 Å². The van der Waals surface area contributed by atoms with Crippen LogP contribution in [0.5, 0.6) is 11.5 Å². The predicted molar refractivity (Wildman–Crippen MR) is 239 cm³/mol. The SMILES string of the molecule is COc1c2n(cc(C(=O)NCc3ccc(F)c(Cl)c3F)c1=O)[C@H]1COCC[C@]13CC=CCN3C2=O.O=C(NCc1ccc(F)c(Cl)c1F)c1cn2c(c(O)c1=O)C(=O)N1CCCC[C@]13CCOC[C@H]23. The number of amides is 4. The lowest BCUT2D eigenvalue weighted by Gasteiger charge is -2.57. The Morgan fingerprint density at radius 2 is 1.28 bits per heavy atom. The number of carbonyl (C=O) groups is 4. The standard InChI is InChI=1S/C24H22ClF2N3O5.C23H22ClF2N3O5/c1-34-21-19-23(33)30-8-3-2-6-24(30)7-9-35-12-16(24)29(19)11-14(20(21)31)22(32)28-10-13-4-5-15(26)17(25)18(13)27;24-16-14(25)4-3-12(17(16)26)9-27-21(32)13-10-28-15-11-34-8-6-23(15)5-1-2-7-29(23)22(33)18(28)20(31)19(13)30/h2-5,11,16H,6-10,12H2,1H3,(H,28,32);3-4,10,15,31H,1-2,5-9,11H2,(H,27,32)/t16-,24+;15-,23+/m00/s1. The summed E-state index contributed by atoms with van der Waals surface area (Å²) in [5.41, 5.74) is -3.71. The molecule has 0 aliphatic carbocycles. The molecule has 364 valence electrons. The molecule has 22 heteroatoms. The number of nitrogens with one attached hydrogen (secondary N) is 2. The van der Waals surface area contributed by atoms with Crippen LogP contribution in [0.4, 0.5) is 17.6 Å². The molecule has 3 N–H and O–H groups in total. The molecule has 0 saturated carbocycles. The minimum absolute atomic E-state index is 0.0470. The van der Waals surface area contributed by atoms with Crippen LogP contribution in [0.15, 0.2) is 58.4 Å². The quantitative estimate of drug-likeness (QED) is 0.120. The van der Waals surface area contributed by atoms with Crippen molar-refractivity contribution in [2.75, 3.05) is 46.6 Å². The summed E-state index contributed by atoms with van der Waals surface area (Å²) in [6.07, 6.45) is 10.9. The van der Waals surface area contributed by atoms with Crippen LogP contribution in [0.2, 0.25) is 10.0 Å². The first-order valence-electron chi connectivity index (χ1n) is 22.1. The van der Waals surface area contributed by atoms with Gasteiger partial charge in [-0.05, 0) is 50.7 Å². The van der Waals surface area contributed by atoms with E-state index in [4.69, 9.17) is 37.4 Å². The van der Waals surface area contributed by atoms with Gasteiger partial charge in [0.15, 0.2) is 22.9 Å². The average Bonchev–Trinajstić information content (AvgIpc) is 3.35. The van der Waals surface area contributed by atoms with Crippen LogP contribution < -0.4 is 26.2 Å². The summed E-state index contributed by atoms with van der Waals surface area (Å²) < 4.78 is 75.1. The molecule has 69 heavy (non-hydrogen) atoms. The van der Waals surface area contributed by atoms with Gasteiger partial charge in [0.05, 0.1) is 43.5 Å². The molecule has 2 aromatic heterocycles. The number of fused-ring (bicyclic) bond motifs is 4. The van der Waals surface area contributed by atoms with Crippen molar-refractivity contribution in [2.24, 2.45) is 0 Å². The zero-order chi connectivity index (χ0) is 49.1. The third kappa shape index (κ3) is 7.84. The molecule has 0 bridgehead atoms. The molecule has 10 rings (SSSR count). The lowest BCUT2D eigenvalue weighted by molar-refractivity contribution is -0.0839. The van der Waals surface area contributed by atoms with Crippen molar-refractivity contribution in [3.63, 3.8) is 0 Å². The van der Waals surface area contributed by atoms with Crippen molar-refractivity contribution in [2.45, 2.75) is 74.8 Å². The van der Waals surface area contributed by atoms with E-state index in [1.165, 1.54) is 24.1 Å². The first kappa shape index (κ1) is 47.8. The highest BCUT2D eigenvalue weighted by atomic mass is 35.5. The normalized spacial score (nSPS) is 23.2. The van der Waals surface area contributed by atoms with Crippen molar-refractivity contribution >= 4 is 46.8 Å². The van der Waals surface area contributed by atoms with Crippen LogP contribution in [0.25, 0.3) is 0 Å². The second kappa shape index (κ2) is 18.6. The summed E-state index contributed by atoms with van der Waals surface area (Å²) >= 11 is 11.2. The number of halogens is 6. The maximum atomic E-state index is 14.3. The molecular formula is C47H44Cl2F4N6O10. The minimum atomic E-state index is -1.02. The molecule has 4 atom stereocenters. The smallest absolute Gasteiger partial charge is 0.275 e. The molecule has 2 spiro atoms. The summed E-state index contributed by atoms with van der Waals surface area (Å²) in [4.78, 5) is 82.4. The van der Waals surface area contributed by atoms with E-state index in [0.717, 1.165) is 43.5 Å². The van der Waals surface area contributed by atoms with E-state index >= 15 is 0 Å². The Labute approximate surface area is 400 Å². The van der Waals surface area contributed by atoms with Gasteiger partial charge in [-0.1, -0.05) is 47.5 Å². The maximum Gasteiger partial charge on any atom is 0.275 e. The Bertz CT molecular complexity index is 2980. The Morgan fingerprint density at radius 1 is 0.739 bits per heavy atom. The van der Waals surface area contributed by atoms with Crippen LogP contribution in [0, 0.1) is 23.3 Å². The van der Waals surface area contributed by atoms with Crippen LogP contribution in [-0.2, 0) is 22.6 Å². The van der Waals surface area contributed by atoms with Gasteiger partial charge in [0, 0.05) is 62.9 Å². The van der Waals surface area contributed by atoms with Crippen molar-refractivity contribution in [3.8, 4) is 11.5 Å². The van der Waals surface area contributed by atoms with Gasteiger partial charge < -0.3 is 48.9 Å². The second-order valence-electron chi connectivity index (χ2n) is 17.6. The highest BCUT2D eigenvalue weighted by Gasteiger charge is 2.56. The molecule has 4 aromatic rings. The summed E-state index contributed by atoms with van der Waals surface area (Å²) in [5.74, 6) is -7.38. The number of carbonyl (C=O) groups excluding carboxylic acids is 4. The molecule has 16 nitrogen and oxygen atoms in total. The summed E-state index contributed by atoms with van der Waals surface area (Å²) in [7, 11) is 1.26. The first-order chi connectivity index (χ1) is 33.1. The van der Waals surface area contributed by atoms with Crippen LogP contribution in [0.1, 0.15) is 103 Å². The van der Waals surface area contributed by atoms with Gasteiger partial charge in [0.1, 0.15) is 44.4 Å². The number of hydrogen-bond acceptors (Lipinski definition) is 10. The van der Waals surface area contributed by atoms with Gasteiger partial charge in [-0.25, -0.2) is 17.6 Å². The van der Waals surface area contributed by atoms with Gasteiger partial charge >= 0.3 is 0 Å². The second-order valence-corrected chi connectivity index (χ2v) is 18.3. The zero-order valence-corrected chi connectivity index (χ0v) is 38.4. The fraction of sp³-hybridized carbons (Fsp3) is 0.404. The molecule has 6 aliphatic rings. The van der Waals surface area contributed by atoms with Crippen LogP contribution in [0.3, 0.4) is 0 Å². The van der Waals surface area contributed by atoms with Gasteiger partial charge in [0.25, 0.3) is 23.6 Å². The van der Waals surface area contributed by atoms with Crippen molar-refractivity contribution < 1.29 is 56.1 Å². The topological polar surface area (TPSA) is 191 Å². The first-order valence-corrected chi connectivity index (χ1v) is 22.9. The van der Waals surface area contributed by atoms with E-state index in [1.54, 1.807) is 14.4 Å². The Morgan fingerprint density at radius 3 is 1.87 bits per heavy atom. The number of nitrogens with zero attached hydrogens (tertiary/aromatic N) is 4. The van der Waals surface area contributed by atoms with Crippen LogP contribution >= 0.6 is 23.2 Å². The molecule has 0 unspecified atom stereocenters. The average molecular weight is 1000 g/mol. The van der Waals surface area contributed by atoms with E-state index in [-0.39, 0.29) is 78.1 Å². The third-order valence-electron chi connectivity index (χ3n) is 14.2. The summed E-state index contributed by atoms with van der Waals surface area (Å²) in [5, 5.41) is 14.2. The number of methoxy groups -OCH3 is 1. The number of benzene rings is 2. The highest BCUT2D eigenvalue weighted by Crippen LogP contribution is 2.49. The van der Waals surface area contributed by atoms with E-state index in [1.807, 2.05) is 12.2 Å². The number of piperidine rings is 1. The molecular weight excluding hydrogens is 955 g/mol. The molecule has 3 saturated heterocycles. The molecule has 8 heterocycles. The van der Waals surface area contributed by atoms with E-state index in [9.17, 15) is 51.4 Å². The van der Waals surface area contributed by atoms with Crippen molar-refractivity contribution in [3.05, 3.63) is 136 Å². The lowest BCUT2D eigenvalue weighted by Crippen LogP contribution is -2.65. The number of ether oxygens (including phenoxy) is 3. The monoisotopic (exact) mass is 998 g/mol. The molecule has 0 radical (unpaired) electrons. The Balaban J connectivity index is 0.000000172. The predicted octanol–water partition coefficient (Wildman–Crippen LogP) is 5.59. The van der Waals surface area contributed by atoms with Gasteiger partial charge in [-0.15, -0.1) is 0 Å². The number of rotatable bonds is 7. The number of pyridine rings is 2. The molecule has 2 aromatic carbocycles. The number of aromatic nitrogens is 2. The molecule has 4 amide bonds. The van der Waals surface area contributed by atoms with Gasteiger partial charge in [-0.3, -0.25) is 28.8 Å². The number of aromatic hydroxyl groups is 1. The summed E-state index contributed by atoms with van der Waals surface area (Å²) in [6.45, 7) is 1.76.